The average molecular weight is 477 g/mol. The van der Waals surface area contributed by atoms with Gasteiger partial charge in [-0.25, -0.2) is 9.97 Å². The van der Waals surface area contributed by atoms with Crippen molar-refractivity contribution >= 4 is 34.4 Å². The van der Waals surface area contributed by atoms with E-state index < -0.39 is 0 Å². The van der Waals surface area contributed by atoms with Gasteiger partial charge in [0.05, 0.1) is 18.7 Å². The van der Waals surface area contributed by atoms with Crippen LogP contribution in [-0.4, -0.2) is 51.9 Å². The minimum Gasteiger partial charge on any atom is -0.496 e. The molecule has 3 aromatic heterocycles. The van der Waals surface area contributed by atoms with Crippen LogP contribution < -0.4 is 10.1 Å². The molecule has 0 saturated heterocycles. The van der Waals surface area contributed by atoms with Gasteiger partial charge in [0, 0.05) is 48.2 Å². The highest BCUT2D eigenvalue weighted by Crippen LogP contribution is 2.42. The van der Waals surface area contributed by atoms with Crippen LogP contribution in [-0.2, 0) is 0 Å². The highest BCUT2D eigenvalue weighted by atomic mass is 35.5. The zero-order valence-corrected chi connectivity index (χ0v) is 20.4. The predicted molar refractivity (Wildman–Crippen MR) is 133 cm³/mol. The first-order valence-corrected chi connectivity index (χ1v) is 11.1. The molecule has 0 bridgehead atoms. The van der Waals surface area contributed by atoms with E-state index in [1.54, 1.807) is 39.7 Å². The van der Waals surface area contributed by atoms with Crippen molar-refractivity contribution in [3.63, 3.8) is 0 Å². The van der Waals surface area contributed by atoms with Gasteiger partial charge in [-0.2, -0.15) is 0 Å². The number of methoxy groups -OCH3 is 1. The number of carbonyl (C=O) groups is 1. The Kier molecular flexibility index (Phi) is 6.61. The number of amides is 1. The Morgan fingerprint density at radius 3 is 2.62 bits per heavy atom. The molecule has 0 aliphatic rings. The fourth-order valence-corrected chi connectivity index (χ4v) is 4.02. The van der Waals surface area contributed by atoms with Crippen molar-refractivity contribution in [2.45, 2.75) is 19.9 Å². The van der Waals surface area contributed by atoms with Crippen LogP contribution in [0.2, 0.25) is 5.02 Å². The largest absolute Gasteiger partial charge is 0.496 e. The molecule has 0 radical (unpaired) electrons. The number of benzene rings is 1. The number of hydrogen-bond acceptors (Lipinski definition) is 7. The SMILES string of the molecule is COc1c(C(C)Nc2ncnc3cccnc23)cc(Cl)c(C)c1-c1ccc(C(=O)N(C)C)nc1. The van der Waals surface area contributed by atoms with Crippen LogP contribution >= 0.6 is 11.6 Å². The molecule has 4 aromatic rings. The Labute approximate surface area is 203 Å². The number of fused-ring (bicyclic) bond motifs is 1. The molecule has 1 aromatic carbocycles. The van der Waals surface area contributed by atoms with Gasteiger partial charge < -0.3 is 15.0 Å². The average Bonchev–Trinajstić information content (AvgIpc) is 2.85. The summed E-state index contributed by atoms with van der Waals surface area (Å²) in [5, 5.41) is 4.02. The van der Waals surface area contributed by atoms with Gasteiger partial charge in [0.1, 0.15) is 23.3 Å². The maximum absolute atomic E-state index is 12.2. The molecule has 0 aliphatic heterocycles. The molecule has 0 spiro atoms. The fourth-order valence-electron chi connectivity index (χ4n) is 3.81. The number of nitrogens with one attached hydrogen (secondary N) is 1. The van der Waals surface area contributed by atoms with Gasteiger partial charge >= 0.3 is 0 Å². The third kappa shape index (κ3) is 4.36. The van der Waals surface area contributed by atoms with E-state index in [0.29, 0.717) is 27.8 Å². The topological polar surface area (TPSA) is 93.1 Å². The second kappa shape index (κ2) is 9.61. The van der Waals surface area contributed by atoms with Gasteiger partial charge in [-0.05, 0) is 43.7 Å². The molecule has 0 aliphatic carbocycles. The van der Waals surface area contributed by atoms with Crippen molar-refractivity contribution in [1.29, 1.82) is 0 Å². The van der Waals surface area contributed by atoms with E-state index in [4.69, 9.17) is 16.3 Å². The number of nitrogens with zero attached hydrogens (tertiary/aromatic N) is 5. The number of anilines is 1. The van der Waals surface area contributed by atoms with Gasteiger partial charge in [0.15, 0.2) is 5.82 Å². The summed E-state index contributed by atoms with van der Waals surface area (Å²) in [5.74, 6) is 1.12. The molecule has 174 valence electrons. The molecule has 34 heavy (non-hydrogen) atoms. The summed E-state index contributed by atoms with van der Waals surface area (Å²) in [4.78, 5) is 31.2. The van der Waals surface area contributed by atoms with Crippen molar-refractivity contribution in [2.75, 3.05) is 26.5 Å². The van der Waals surface area contributed by atoms with Gasteiger partial charge in [-0.1, -0.05) is 17.7 Å². The molecule has 1 unspecified atom stereocenters. The number of pyridine rings is 2. The van der Waals surface area contributed by atoms with Crippen LogP contribution in [0.1, 0.15) is 34.6 Å². The third-order valence-electron chi connectivity index (χ3n) is 5.60. The van der Waals surface area contributed by atoms with Crippen molar-refractivity contribution in [3.8, 4) is 16.9 Å². The lowest BCUT2D eigenvalue weighted by Crippen LogP contribution is -2.22. The lowest BCUT2D eigenvalue weighted by Gasteiger charge is -2.23. The number of aromatic nitrogens is 4. The van der Waals surface area contributed by atoms with E-state index in [0.717, 1.165) is 27.8 Å². The molecule has 4 rings (SSSR count). The number of rotatable bonds is 6. The van der Waals surface area contributed by atoms with Crippen LogP contribution in [0.5, 0.6) is 5.75 Å². The first kappa shape index (κ1) is 23.4. The monoisotopic (exact) mass is 476 g/mol. The van der Waals surface area contributed by atoms with Gasteiger partial charge in [-0.15, -0.1) is 0 Å². The Bertz CT molecular complexity index is 1350. The highest BCUT2D eigenvalue weighted by Gasteiger charge is 2.22. The Morgan fingerprint density at radius 1 is 1.15 bits per heavy atom. The number of carbonyl (C=O) groups excluding carboxylic acids is 1. The summed E-state index contributed by atoms with van der Waals surface area (Å²) < 4.78 is 5.88. The summed E-state index contributed by atoms with van der Waals surface area (Å²) in [6, 6.07) is 8.97. The second-order valence-corrected chi connectivity index (χ2v) is 8.48. The Hall–Kier alpha value is -3.78. The van der Waals surface area contributed by atoms with Crippen LogP contribution in [0.25, 0.3) is 22.2 Å². The molecule has 0 saturated carbocycles. The maximum atomic E-state index is 12.2. The minimum absolute atomic E-state index is 0.162. The predicted octanol–water partition coefficient (Wildman–Crippen LogP) is 4.93. The molecule has 0 fully saturated rings. The summed E-state index contributed by atoms with van der Waals surface area (Å²) in [7, 11) is 5.01. The molecular weight excluding hydrogens is 452 g/mol. The normalized spacial score (nSPS) is 11.8. The summed E-state index contributed by atoms with van der Waals surface area (Å²) in [5.41, 5.74) is 5.13. The molecule has 1 amide bonds. The Balaban J connectivity index is 1.77. The van der Waals surface area contributed by atoms with E-state index in [2.05, 4.69) is 25.3 Å². The molecule has 1 N–H and O–H groups in total. The second-order valence-electron chi connectivity index (χ2n) is 8.07. The van der Waals surface area contributed by atoms with E-state index in [9.17, 15) is 4.79 Å². The maximum Gasteiger partial charge on any atom is 0.271 e. The number of halogens is 1. The van der Waals surface area contributed by atoms with E-state index in [1.807, 2.05) is 38.1 Å². The van der Waals surface area contributed by atoms with Crippen molar-refractivity contribution in [2.24, 2.45) is 0 Å². The van der Waals surface area contributed by atoms with Gasteiger partial charge in [0.25, 0.3) is 5.91 Å². The zero-order chi connectivity index (χ0) is 24.4. The van der Waals surface area contributed by atoms with Crippen LogP contribution in [0.15, 0.2) is 49.1 Å². The van der Waals surface area contributed by atoms with Crippen LogP contribution in [0, 0.1) is 6.92 Å². The number of hydrogen-bond donors (Lipinski definition) is 1. The van der Waals surface area contributed by atoms with Crippen molar-refractivity contribution in [1.82, 2.24) is 24.8 Å². The van der Waals surface area contributed by atoms with E-state index in [1.165, 1.54) is 11.2 Å². The van der Waals surface area contributed by atoms with Crippen LogP contribution in [0.4, 0.5) is 5.82 Å². The summed E-state index contributed by atoms with van der Waals surface area (Å²) in [6.45, 7) is 3.93. The molecule has 9 heteroatoms. The highest BCUT2D eigenvalue weighted by molar-refractivity contribution is 6.32. The van der Waals surface area contributed by atoms with E-state index >= 15 is 0 Å². The quantitative estimate of drug-likeness (QED) is 0.421. The standard InChI is InChI=1S/C25H25ClN6O2/c1-14-18(26)11-17(15(2)31-24-22-19(29-13-30-24)7-6-10-27-22)23(34-5)21(14)16-8-9-20(28-12-16)25(33)32(3)4/h6-13,15H,1-5H3,(H,29,30,31). The molecule has 3 heterocycles. The van der Waals surface area contributed by atoms with Gasteiger partial charge in [-0.3, -0.25) is 14.8 Å². The van der Waals surface area contributed by atoms with Crippen LogP contribution in [0.3, 0.4) is 0 Å². The van der Waals surface area contributed by atoms with Crippen molar-refractivity contribution in [3.05, 3.63) is 70.9 Å². The van der Waals surface area contributed by atoms with Crippen molar-refractivity contribution < 1.29 is 9.53 Å². The smallest absolute Gasteiger partial charge is 0.271 e. The first-order chi connectivity index (χ1) is 16.3. The molecule has 8 nitrogen and oxygen atoms in total. The van der Waals surface area contributed by atoms with E-state index in [-0.39, 0.29) is 11.9 Å². The lowest BCUT2D eigenvalue weighted by molar-refractivity contribution is 0.0822. The number of ether oxygens (including phenoxy) is 1. The molecular formula is C25H25ClN6O2. The zero-order valence-electron chi connectivity index (χ0n) is 19.6. The minimum atomic E-state index is -0.213. The third-order valence-corrected chi connectivity index (χ3v) is 5.99. The Morgan fingerprint density at radius 2 is 1.94 bits per heavy atom. The molecule has 1 atom stereocenters. The summed E-state index contributed by atoms with van der Waals surface area (Å²) >= 11 is 6.66. The summed E-state index contributed by atoms with van der Waals surface area (Å²) in [6.07, 6.45) is 4.88. The fraction of sp³-hybridized carbons (Fsp3) is 0.240. The van der Waals surface area contributed by atoms with Gasteiger partial charge in [0.2, 0.25) is 0 Å². The first-order valence-electron chi connectivity index (χ1n) is 10.7. The lowest BCUT2D eigenvalue weighted by atomic mass is 9.94.